The average molecular weight is 286 g/mol. The summed E-state index contributed by atoms with van der Waals surface area (Å²) in [5.41, 5.74) is 0. The van der Waals surface area contributed by atoms with Crippen molar-refractivity contribution in [3.63, 3.8) is 0 Å². The zero-order chi connectivity index (χ0) is 12.9. The van der Waals surface area contributed by atoms with Gasteiger partial charge in [-0.25, -0.2) is 0 Å². The average Bonchev–Trinajstić information content (AvgIpc) is 2.51. The molecule has 0 amide bonds. The molecule has 2 heteroatoms. The smallest absolute Gasteiger partial charge is 0.0134 e. The normalized spacial score (nSPS) is 10.1. The van der Waals surface area contributed by atoms with Gasteiger partial charge in [0.05, 0.1) is 0 Å². The predicted octanol–water partition coefficient (Wildman–Crippen LogP) is 2.80. The SMILES string of the molecule is [NaH].c1ccc(P(c2ccccc2)c2ccccc2)cc1. The zero-order valence-electron chi connectivity index (χ0n) is 10.6. The summed E-state index contributed by atoms with van der Waals surface area (Å²) in [6.07, 6.45) is 0. The van der Waals surface area contributed by atoms with E-state index in [0.29, 0.717) is 0 Å². The van der Waals surface area contributed by atoms with Crippen LogP contribution in [0.4, 0.5) is 0 Å². The zero-order valence-corrected chi connectivity index (χ0v) is 11.5. The first-order valence-corrected chi connectivity index (χ1v) is 7.74. The summed E-state index contributed by atoms with van der Waals surface area (Å²) >= 11 is 0. The van der Waals surface area contributed by atoms with E-state index in [1.165, 1.54) is 15.9 Å². The Labute approximate surface area is 143 Å². The molecule has 0 radical (unpaired) electrons. The van der Waals surface area contributed by atoms with Crippen molar-refractivity contribution in [2.75, 3.05) is 0 Å². The quantitative estimate of drug-likeness (QED) is 0.513. The molecule has 20 heavy (non-hydrogen) atoms. The van der Waals surface area contributed by atoms with Gasteiger partial charge in [0.15, 0.2) is 0 Å². The van der Waals surface area contributed by atoms with E-state index in [1.54, 1.807) is 0 Å². The number of hydrogen-bond donors (Lipinski definition) is 0. The van der Waals surface area contributed by atoms with E-state index in [2.05, 4.69) is 91.0 Å². The summed E-state index contributed by atoms with van der Waals surface area (Å²) in [4.78, 5) is 0. The summed E-state index contributed by atoms with van der Waals surface area (Å²) in [6.45, 7) is 0. The second-order valence-electron chi connectivity index (χ2n) is 4.34. The van der Waals surface area contributed by atoms with Crippen LogP contribution in [0.1, 0.15) is 0 Å². The van der Waals surface area contributed by atoms with E-state index in [1.807, 2.05) is 0 Å². The van der Waals surface area contributed by atoms with Gasteiger partial charge >= 0.3 is 29.6 Å². The maximum atomic E-state index is 2.23. The molecule has 0 bridgehead atoms. The van der Waals surface area contributed by atoms with Crippen molar-refractivity contribution in [3.8, 4) is 0 Å². The van der Waals surface area contributed by atoms with Gasteiger partial charge < -0.3 is 0 Å². The molecule has 0 saturated carbocycles. The van der Waals surface area contributed by atoms with Gasteiger partial charge in [0, 0.05) is 0 Å². The van der Waals surface area contributed by atoms with Crippen molar-refractivity contribution in [2.24, 2.45) is 0 Å². The minimum atomic E-state index is -0.446. The summed E-state index contributed by atoms with van der Waals surface area (Å²) < 4.78 is 0. The molecule has 0 aliphatic rings. The molecular formula is C18H16NaP. The van der Waals surface area contributed by atoms with E-state index >= 15 is 0 Å². The Balaban J connectivity index is 0.00000147. The molecule has 0 nitrogen and oxygen atoms in total. The number of rotatable bonds is 3. The van der Waals surface area contributed by atoms with Crippen LogP contribution < -0.4 is 15.9 Å². The molecule has 0 fully saturated rings. The van der Waals surface area contributed by atoms with E-state index in [9.17, 15) is 0 Å². The third-order valence-electron chi connectivity index (χ3n) is 3.04. The van der Waals surface area contributed by atoms with Crippen LogP contribution in [0.15, 0.2) is 91.0 Å². The molecule has 3 aromatic carbocycles. The Morgan fingerprint density at radius 1 is 0.400 bits per heavy atom. The molecule has 0 aliphatic carbocycles. The van der Waals surface area contributed by atoms with E-state index in [4.69, 9.17) is 0 Å². The van der Waals surface area contributed by atoms with Crippen LogP contribution in [-0.2, 0) is 0 Å². The van der Waals surface area contributed by atoms with Gasteiger partial charge in [0.2, 0.25) is 0 Å². The molecule has 0 N–H and O–H groups in total. The largest absolute Gasteiger partial charge is 0.0622 e. The van der Waals surface area contributed by atoms with Crippen LogP contribution in [0.5, 0.6) is 0 Å². The van der Waals surface area contributed by atoms with Crippen LogP contribution in [-0.4, -0.2) is 29.6 Å². The molecule has 0 spiro atoms. The van der Waals surface area contributed by atoms with Crippen LogP contribution in [0.25, 0.3) is 0 Å². The monoisotopic (exact) mass is 286 g/mol. The van der Waals surface area contributed by atoms with Crippen molar-refractivity contribution in [3.05, 3.63) is 91.0 Å². The Morgan fingerprint density at radius 2 is 0.650 bits per heavy atom. The maximum absolute atomic E-state index is 2.23. The Morgan fingerprint density at radius 3 is 0.900 bits per heavy atom. The third kappa shape index (κ3) is 3.59. The van der Waals surface area contributed by atoms with Crippen LogP contribution in [0, 0.1) is 0 Å². The van der Waals surface area contributed by atoms with Gasteiger partial charge in [-0.3, -0.25) is 0 Å². The molecule has 3 aromatic rings. The van der Waals surface area contributed by atoms with Crippen molar-refractivity contribution >= 4 is 53.4 Å². The number of hydrogen-bond acceptors (Lipinski definition) is 0. The van der Waals surface area contributed by atoms with Crippen molar-refractivity contribution in [1.29, 1.82) is 0 Å². The van der Waals surface area contributed by atoms with Crippen molar-refractivity contribution in [2.45, 2.75) is 0 Å². The summed E-state index contributed by atoms with van der Waals surface area (Å²) in [7, 11) is -0.446. The van der Waals surface area contributed by atoms with Gasteiger partial charge in [0.25, 0.3) is 0 Å². The van der Waals surface area contributed by atoms with Gasteiger partial charge in [-0.2, -0.15) is 0 Å². The first kappa shape index (κ1) is 15.5. The standard InChI is InChI=1S/C18H15P.Na.H/c1-4-10-16(11-5-1)19(17-12-6-2-7-13-17)18-14-8-3-9-15-18;;/h1-15H;;. The van der Waals surface area contributed by atoms with Gasteiger partial charge in [-0.1, -0.05) is 91.0 Å². The molecular weight excluding hydrogens is 270 g/mol. The summed E-state index contributed by atoms with van der Waals surface area (Å²) in [5, 5.41) is 4.19. The topological polar surface area (TPSA) is 0 Å². The fourth-order valence-electron chi connectivity index (χ4n) is 2.18. The number of benzene rings is 3. The Bertz CT molecular complexity index is 529. The second-order valence-corrected chi connectivity index (χ2v) is 6.56. The van der Waals surface area contributed by atoms with E-state index < -0.39 is 7.92 Å². The van der Waals surface area contributed by atoms with Crippen molar-refractivity contribution in [1.82, 2.24) is 0 Å². The maximum Gasteiger partial charge on any atom is -0.0134 e. The van der Waals surface area contributed by atoms with Crippen LogP contribution in [0.3, 0.4) is 0 Å². The van der Waals surface area contributed by atoms with E-state index in [-0.39, 0.29) is 29.6 Å². The third-order valence-corrected chi connectivity index (χ3v) is 5.49. The molecule has 0 atom stereocenters. The molecule has 0 aromatic heterocycles. The van der Waals surface area contributed by atoms with Crippen LogP contribution in [0.2, 0.25) is 0 Å². The van der Waals surface area contributed by atoms with Gasteiger partial charge in [-0.15, -0.1) is 0 Å². The predicted molar refractivity (Wildman–Crippen MR) is 92.3 cm³/mol. The molecule has 0 heterocycles. The minimum absolute atomic E-state index is 0. The van der Waals surface area contributed by atoms with Crippen LogP contribution >= 0.6 is 7.92 Å². The minimum Gasteiger partial charge on any atom is -0.0622 e. The molecule has 0 aliphatic heterocycles. The summed E-state index contributed by atoms with van der Waals surface area (Å²) in [6, 6.07) is 32.3. The van der Waals surface area contributed by atoms with Crippen molar-refractivity contribution < 1.29 is 0 Å². The second kappa shape index (κ2) is 7.76. The molecule has 0 saturated heterocycles. The fourth-order valence-corrected chi connectivity index (χ4v) is 4.48. The molecule has 0 unspecified atom stereocenters. The molecule has 94 valence electrons. The Kier molecular flexibility index (Phi) is 6.01. The molecule has 3 rings (SSSR count). The Hall–Kier alpha value is -0.910. The fraction of sp³-hybridized carbons (Fsp3) is 0. The first-order valence-electron chi connectivity index (χ1n) is 6.40. The first-order chi connectivity index (χ1) is 9.45. The summed E-state index contributed by atoms with van der Waals surface area (Å²) in [5.74, 6) is 0. The van der Waals surface area contributed by atoms with Gasteiger partial charge in [0.1, 0.15) is 0 Å². The van der Waals surface area contributed by atoms with Gasteiger partial charge in [-0.05, 0) is 23.8 Å². The van der Waals surface area contributed by atoms with E-state index in [0.717, 1.165) is 0 Å².